The van der Waals surface area contributed by atoms with Crippen LogP contribution in [0, 0.1) is 13.8 Å². The molecular formula is C20H27N3O5. The van der Waals surface area contributed by atoms with Gasteiger partial charge < -0.3 is 15.4 Å². The standard InChI is InChI=1S/C20H27N3O5/c1-12-8-9-13(2)15(11-12)21-17(25)14(3)28-16(24)7-6-10-23-18(26)20(4,5)22-19(23)27/h8-9,11,14H,6-7,10H2,1-5H3,(H,21,25)(H,22,27)/t14-/m1/s1. The van der Waals surface area contributed by atoms with Crippen LogP contribution in [0.25, 0.3) is 0 Å². The van der Waals surface area contributed by atoms with Gasteiger partial charge in [-0.1, -0.05) is 12.1 Å². The van der Waals surface area contributed by atoms with Crippen molar-refractivity contribution >= 4 is 29.5 Å². The zero-order valence-corrected chi connectivity index (χ0v) is 16.9. The molecule has 0 bridgehead atoms. The highest BCUT2D eigenvalue weighted by Crippen LogP contribution is 2.18. The molecule has 0 aromatic heterocycles. The van der Waals surface area contributed by atoms with Gasteiger partial charge in [0.25, 0.3) is 11.8 Å². The fourth-order valence-corrected chi connectivity index (χ4v) is 2.82. The van der Waals surface area contributed by atoms with E-state index in [1.54, 1.807) is 13.8 Å². The van der Waals surface area contributed by atoms with Crippen molar-refractivity contribution in [1.82, 2.24) is 10.2 Å². The van der Waals surface area contributed by atoms with Crippen molar-refractivity contribution in [2.75, 3.05) is 11.9 Å². The normalized spacial score (nSPS) is 16.5. The lowest BCUT2D eigenvalue weighted by Crippen LogP contribution is -2.40. The molecule has 1 atom stereocenters. The Bertz CT molecular complexity index is 803. The maximum atomic E-state index is 12.3. The van der Waals surface area contributed by atoms with E-state index in [1.807, 2.05) is 32.0 Å². The fourth-order valence-electron chi connectivity index (χ4n) is 2.82. The Morgan fingerprint density at radius 1 is 1.25 bits per heavy atom. The van der Waals surface area contributed by atoms with E-state index in [2.05, 4.69) is 10.6 Å². The Balaban J connectivity index is 1.79. The molecule has 152 valence electrons. The summed E-state index contributed by atoms with van der Waals surface area (Å²) in [6.07, 6.45) is -0.694. The van der Waals surface area contributed by atoms with Crippen molar-refractivity contribution < 1.29 is 23.9 Å². The number of nitrogens with zero attached hydrogens (tertiary/aromatic N) is 1. The zero-order valence-electron chi connectivity index (χ0n) is 16.9. The van der Waals surface area contributed by atoms with E-state index < -0.39 is 29.6 Å². The average Bonchev–Trinajstić information content (AvgIpc) is 2.79. The number of hydrogen-bond acceptors (Lipinski definition) is 5. The highest BCUT2D eigenvalue weighted by atomic mass is 16.5. The van der Waals surface area contributed by atoms with Gasteiger partial charge in [-0.05, 0) is 58.2 Å². The molecule has 2 rings (SSSR count). The van der Waals surface area contributed by atoms with E-state index in [4.69, 9.17) is 4.74 Å². The van der Waals surface area contributed by atoms with Crippen LogP contribution in [0.5, 0.6) is 0 Å². The number of nitrogens with one attached hydrogen (secondary N) is 2. The first-order chi connectivity index (χ1) is 13.0. The largest absolute Gasteiger partial charge is 0.453 e. The molecule has 0 aliphatic carbocycles. The van der Waals surface area contributed by atoms with Crippen LogP contribution in [-0.2, 0) is 19.1 Å². The molecule has 0 spiro atoms. The number of carbonyl (C=O) groups excluding carboxylic acids is 4. The Morgan fingerprint density at radius 2 is 1.93 bits per heavy atom. The van der Waals surface area contributed by atoms with Crippen LogP contribution >= 0.6 is 0 Å². The highest BCUT2D eigenvalue weighted by Gasteiger charge is 2.43. The Labute approximate surface area is 164 Å². The predicted octanol–water partition coefficient (Wildman–Crippen LogP) is 2.28. The van der Waals surface area contributed by atoms with Gasteiger partial charge >= 0.3 is 12.0 Å². The molecule has 0 radical (unpaired) electrons. The maximum Gasteiger partial charge on any atom is 0.325 e. The third-order valence-corrected chi connectivity index (χ3v) is 4.54. The minimum atomic E-state index is -0.955. The fraction of sp³-hybridized carbons (Fsp3) is 0.500. The van der Waals surface area contributed by atoms with E-state index in [1.165, 1.54) is 6.92 Å². The van der Waals surface area contributed by atoms with Gasteiger partial charge in [-0.2, -0.15) is 0 Å². The van der Waals surface area contributed by atoms with Crippen LogP contribution in [0.2, 0.25) is 0 Å². The number of imide groups is 1. The molecule has 1 aromatic carbocycles. The first kappa shape index (κ1) is 21.4. The van der Waals surface area contributed by atoms with Crippen LogP contribution < -0.4 is 10.6 Å². The van der Waals surface area contributed by atoms with E-state index >= 15 is 0 Å². The summed E-state index contributed by atoms with van der Waals surface area (Å²) < 4.78 is 5.16. The highest BCUT2D eigenvalue weighted by molar-refractivity contribution is 6.06. The van der Waals surface area contributed by atoms with Crippen LogP contribution in [0.15, 0.2) is 18.2 Å². The molecule has 2 N–H and O–H groups in total. The topological polar surface area (TPSA) is 105 Å². The molecule has 0 saturated carbocycles. The van der Waals surface area contributed by atoms with Gasteiger partial charge in [-0.15, -0.1) is 0 Å². The van der Waals surface area contributed by atoms with E-state index in [-0.39, 0.29) is 25.3 Å². The number of rotatable bonds is 7. The molecule has 1 aliphatic rings. The molecule has 1 saturated heterocycles. The SMILES string of the molecule is Cc1ccc(C)c(NC(=O)[C@@H](C)OC(=O)CCCN2C(=O)NC(C)(C)C2=O)c1. The van der Waals surface area contributed by atoms with E-state index in [9.17, 15) is 19.2 Å². The summed E-state index contributed by atoms with van der Waals surface area (Å²) in [4.78, 5) is 49.2. The summed E-state index contributed by atoms with van der Waals surface area (Å²) in [5.74, 6) is -1.31. The smallest absolute Gasteiger partial charge is 0.325 e. The Kier molecular flexibility index (Phi) is 6.43. The number of carbonyl (C=O) groups is 4. The third-order valence-electron chi connectivity index (χ3n) is 4.54. The lowest BCUT2D eigenvalue weighted by atomic mass is 10.1. The van der Waals surface area contributed by atoms with Gasteiger partial charge in [0.05, 0.1) is 0 Å². The summed E-state index contributed by atoms with van der Waals surface area (Å²) in [7, 11) is 0. The number of hydrogen-bond donors (Lipinski definition) is 2. The average molecular weight is 389 g/mol. The molecule has 4 amide bonds. The number of amides is 4. The lowest BCUT2D eigenvalue weighted by molar-refractivity contribution is -0.153. The van der Waals surface area contributed by atoms with Crippen LogP contribution in [0.4, 0.5) is 10.5 Å². The van der Waals surface area contributed by atoms with Crippen molar-refractivity contribution in [3.05, 3.63) is 29.3 Å². The van der Waals surface area contributed by atoms with Gasteiger partial charge in [0.2, 0.25) is 0 Å². The van der Waals surface area contributed by atoms with Crippen molar-refractivity contribution in [2.45, 2.75) is 59.1 Å². The van der Waals surface area contributed by atoms with Crippen molar-refractivity contribution in [2.24, 2.45) is 0 Å². The zero-order chi connectivity index (χ0) is 21.1. The van der Waals surface area contributed by atoms with Crippen LogP contribution in [-0.4, -0.2) is 46.9 Å². The van der Waals surface area contributed by atoms with Gasteiger partial charge in [0.15, 0.2) is 6.10 Å². The van der Waals surface area contributed by atoms with Crippen LogP contribution in [0.3, 0.4) is 0 Å². The summed E-state index contributed by atoms with van der Waals surface area (Å²) in [5.41, 5.74) is 1.66. The summed E-state index contributed by atoms with van der Waals surface area (Å²) in [6, 6.07) is 5.23. The van der Waals surface area contributed by atoms with Crippen molar-refractivity contribution in [3.63, 3.8) is 0 Å². The number of urea groups is 1. The Morgan fingerprint density at radius 3 is 2.54 bits per heavy atom. The number of anilines is 1. The summed E-state index contributed by atoms with van der Waals surface area (Å²) >= 11 is 0. The predicted molar refractivity (Wildman–Crippen MR) is 104 cm³/mol. The molecule has 1 fully saturated rings. The number of benzene rings is 1. The van der Waals surface area contributed by atoms with Crippen LogP contribution in [0.1, 0.15) is 44.7 Å². The van der Waals surface area contributed by atoms with Gasteiger partial charge in [-0.3, -0.25) is 19.3 Å². The lowest BCUT2D eigenvalue weighted by Gasteiger charge is -2.17. The number of ether oxygens (including phenoxy) is 1. The second-order valence-corrected chi connectivity index (χ2v) is 7.56. The molecule has 1 heterocycles. The summed E-state index contributed by atoms with van der Waals surface area (Å²) in [6.45, 7) is 8.66. The molecule has 8 nitrogen and oxygen atoms in total. The summed E-state index contributed by atoms with van der Waals surface area (Å²) in [5, 5.41) is 5.33. The quantitative estimate of drug-likeness (QED) is 0.550. The van der Waals surface area contributed by atoms with E-state index in [0.29, 0.717) is 5.69 Å². The number of aryl methyl sites for hydroxylation is 2. The second kappa shape index (κ2) is 8.41. The second-order valence-electron chi connectivity index (χ2n) is 7.56. The third kappa shape index (κ3) is 5.09. The van der Waals surface area contributed by atoms with Crippen molar-refractivity contribution in [3.8, 4) is 0 Å². The minimum absolute atomic E-state index is 0.00141. The van der Waals surface area contributed by atoms with Gasteiger partial charge in [0, 0.05) is 18.7 Å². The first-order valence-electron chi connectivity index (χ1n) is 9.23. The number of esters is 1. The van der Waals surface area contributed by atoms with Crippen molar-refractivity contribution in [1.29, 1.82) is 0 Å². The Hall–Kier alpha value is -2.90. The van der Waals surface area contributed by atoms with Gasteiger partial charge in [0.1, 0.15) is 5.54 Å². The molecule has 28 heavy (non-hydrogen) atoms. The maximum absolute atomic E-state index is 12.3. The molecule has 8 heteroatoms. The molecule has 0 unspecified atom stereocenters. The monoisotopic (exact) mass is 389 g/mol. The minimum Gasteiger partial charge on any atom is -0.453 e. The van der Waals surface area contributed by atoms with Gasteiger partial charge in [-0.25, -0.2) is 4.79 Å². The first-order valence-corrected chi connectivity index (χ1v) is 9.23. The molecule has 1 aromatic rings. The molecular weight excluding hydrogens is 362 g/mol. The van der Waals surface area contributed by atoms with E-state index in [0.717, 1.165) is 16.0 Å². The molecule has 1 aliphatic heterocycles.